The summed E-state index contributed by atoms with van der Waals surface area (Å²) in [5.41, 5.74) is 1.18. The average molecular weight is 285 g/mol. The van der Waals surface area contributed by atoms with E-state index in [1.165, 1.54) is 5.56 Å². The maximum absolute atomic E-state index is 6.11. The van der Waals surface area contributed by atoms with E-state index in [1.54, 1.807) is 7.11 Å². The predicted molar refractivity (Wildman–Crippen MR) is 82.1 cm³/mol. The van der Waals surface area contributed by atoms with Crippen molar-refractivity contribution in [3.63, 3.8) is 0 Å². The molecule has 0 aliphatic rings. The maximum Gasteiger partial charge on any atom is 0.137 e. The number of methoxy groups -OCH3 is 1. The van der Waals surface area contributed by atoms with E-state index in [9.17, 15) is 0 Å². The van der Waals surface area contributed by atoms with Gasteiger partial charge in [-0.3, -0.25) is 0 Å². The van der Waals surface area contributed by atoms with Gasteiger partial charge in [0.25, 0.3) is 0 Å². The lowest BCUT2D eigenvalue weighted by molar-refractivity contribution is 0.270. The van der Waals surface area contributed by atoms with E-state index in [0.29, 0.717) is 11.1 Å². The minimum Gasteiger partial charge on any atom is -0.495 e. The maximum atomic E-state index is 6.11. The van der Waals surface area contributed by atoms with Crippen molar-refractivity contribution in [2.75, 3.05) is 26.7 Å². The lowest BCUT2D eigenvalue weighted by Crippen LogP contribution is -2.38. The molecule has 4 heteroatoms. The van der Waals surface area contributed by atoms with Crippen LogP contribution >= 0.6 is 11.6 Å². The second kappa shape index (κ2) is 8.41. The Morgan fingerprint density at radius 1 is 1.32 bits per heavy atom. The van der Waals surface area contributed by atoms with Crippen molar-refractivity contribution < 1.29 is 4.74 Å². The first kappa shape index (κ1) is 16.3. The zero-order valence-corrected chi connectivity index (χ0v) is 13.1. The topological polar surface area (TPSA) is 24.5 Å². The fourth-order valence-electron chi connectivity index (χ4n) is 2.05. The van der Waals surface area contributed by atoms with Crippen LogP contribution in [0.1, 0.15) is 26.3 Å². The molecule has 108 valence electrons. The fraction of sp³-hybridized carbons (Fsp3) is 0.600. The highest BCUT2D eigenvalue weighted by molar-refractivity contribution is 6.32. The van der Waals surface area contributed by atoms with Gasteiger partial charge in [-0.15, -0.1) is 0 Å². The molecule has 0 bridgehead atoms. The van der Waals surface area contributed by atoms with Crippen molar-refractivity contribution in [3.05, 3.63) is 28.8 Å². The molecular formula is C15H25ClN2O. The molecule has 3 nitrogen and oxygen atoms in total. The number of likely N-dealkylation sites (N-methyl/N-ethyl adjacent to an activating group) is 1. The number of halogens is 1. The molecule has 0 aliphatic carbocycles. The van der Waals surface area contributed by atoms with Gasteiger partial charge in [-0.1, -0.05) is 31.5 Å². The quantitative estimate of drug-likeness (QED) is 0.794. The van der Waals surface area contributed by atoms with Crippen LogP contribution in [0.3, 0.4) is 0 Å². The molecule has 0 saturated carbocycles. The van der Waals surface area contributed by atoms with E-state index in [-0.39, 0.29) is 0 Å². The number of hydrogen-bond acceptors (Lipinski definition) is 3. The number of ether oxygens (including phenoxy) is 1. The first-order chi connectivity index (χ1) is 9.10. The van der Waals surface area contributed by atoms with Gasteiger partial charge in [0, 0.05) is 19.1 Å². The van der Waals surface area contributed by atoms with Crippen LogP contribution < -0.4 is 10.1 Å². The minimum absolute atomic E-state index is 0.459. The SMILES string of the molecule is CCN(CC)CC(C)NCc1ccc(OC)c(Cl)c1. The van der Waals surface area contributed by atoms with Crippen LogP contribution in [0, 0.1) is 0 Å². The molecule has 1 rings (SSSR count). The van der Waals surface area contributed by atoms with Gasteiger partial charge >= 0.3 is 0 Å². The Bertz CT molecular complexity index is 380. The van der Waals surface area contributed by atoms with Gasteiger partial charge in [-0.2, -0.15) is 0 Å². The first-order valence-corrected chi connectivity index (χ1v) is 7.26. The summed E-state index contributed by atoms with van der Waals surface area (Å²) < 4.78 is 5.15. The van der Waals surface area contributed by atoms with Crippen LogP contribution in [0.25, 0.3) is 0 Å². The summed E-state index contributed by atoms with van der Waals surface area (Å²) >= 11 is 6.11. The number of benzene rings is 1. The molecule has 1 aromatic rings. The number of nitrogens with zero attached hydrogens (tertiary/aromatic N) is 1. The summed E-state index contributed by atoms with van der Waals surface area (Å²) in [5.74, 6) is 0.724. The van der Waals surface area contributed by atoms with Gasteiger partial charge < -0.3 is 15.0 Å². The van der Waals surface area contributed by atoms with E-state index >= 15 is 0 Å². The van der Waals surface area contributed by atoms with Crippen molar-refractivity contribution in [3.8, 4) is 5.75 Å². The molecule has 19 heavy (non-hydrogen) atoms. The Kier molecular flexibility index (Phi) is 7.21. The van der Waals surface area contributed by atoms with Crippen LogP contribution in [0.4, 0.5) is 0 Å². The van der Waals surface area contributed by atoms with Crippen LogP contribution in [0.2, 0.25) is 5.02 Å². The molecule has 1 aromatic carbocycles. The highest BCUT2D eigenvalue weighted by Gasteiger charge is 2.07. The second-order valence-electron chi connectivity index (χ2n) is 4.74. The molecule has 0 aromatic heterocycles. The van der Waals surface area contributed by atoms with Crippen molar-refractivity contribution >= 4 is 11.6 Å². The number of hydrogen-bond donors (Lipinski definition) is 1. The molecule has 0 spiro atoms. The van der Waals surface area contributed by atoms with Gasteiger partial charge in [-0.05, 0) is 37.7 Å². The normalized spacial score (nSPS) is 12.7. The van der Waals surface area contributed by atoms with Crippen LogP contribution in [0.15, 0.2) is 18.2 Å². The third kappa shape index (κ3) is 5.39. The Morgan fingerprint density at radius 3 is 2.53 bits per heavy atom. The van der Waals surface area contributed by atoms with Gasteiger partial charge in [0.15, 0.2) is 0 Å². The van der Waals surface area contributed by atoms with Gasteiger partial charge in [0.2, 0.25) is 0 Å². The van der Waals surface area contributed by atoms with E-state index < -0.39 is 0 Å². The monoisotopic (exact) mass is 284 g/mol. The second-order valence-corrected chi connectivity index (χ2v) is 5.14. The molecule has 0 heterocycles. The molecule has 0 aliphatic heterocycles. The third-order valence-electron chi connectivity index (χ3n) is 3.30. The summed E-state index contributed by atoms with van der Waals surface area (Å²) in [4.78, 5) is 2.42. The third-order valence-corrected chi connectivity index (χ3v) is 3.59. The average Bonchev–Trinajstić information content (AvgIpc) is 2.42. The Hall–Kier alpha value is -0.770. The van der Waals surface area contributed by atoms with Crippen molar-refractivity contribution in [1.29, 1.82) is 0 Å². The van der Waals surface area contributed by atoms with E-state index in [0.717, 1.165) is 31.9 Å². The number of nitrogens with one attached hydrogen (secondary N) is 1. The van der Waals surface area contributed by atoms with E-state index in [4.69, 9.17) is 16.3 Å². The van der Waals surface area contributed by atoms with E-state index in [2.05, 4.69) is 31.0 Å². The van der Waals surface area contributed by atoms with Gasteiger partial charge in [0.05, 0.1) is 12.1 Å². The highest BCUT2D eigenvalue weighted by Crippen LogP contribution is 2.24. The summed E-state index contributed by atoms with van der Waals surface area (Å²) in [6, 6.07) is 6.37. The van der Waals surface area contributed by atoms with Crippen molar-refractivity contribution in [2.45, 2.75) is 33.4 Å². The van der Waals surface area contributed by atoms with E-state index in [1.807, 2.05) is 18.2 Å². The zero-order valence-electron chi connectivity index (χ0n) is 12.4. The van der Waals surface area contributed by atoms with Crippen LogP contribution in [-0.4, -0.2) is 37.7 Å². The minimum atomic E-state index is 0.459. The van der Waals surface area contributed by atoms with Crippen LogP contribution in [-0.2, 0) is 6.54 Å². The smallest absolute Gasteiger partial charge is 0.137 e. The summed E-state index contributed by atoms with van der Waals surface area (Å²) in [6.45, 7) is 10.7. The van der Waals surface area contributed by atoms with Crippen LogP contribution in [0.5, 0.6) is 5.75 Å². The van der Waals surface area contributed by atoms with Gasteiger partial charge in [-0.25, -0.2) is 0 Å². The predicted octanol–water partition coefficient (Wildman–Crippen LogP) is 3.17. The molecule has 0 saturated heterocycles. The number of rotatable bonds is 8. The van der Waals surface area contributed by atoms with Gasteiger partial charge in [0.1, 0.15) is 5.75 Å². The fourth-order valence-corrected chi connectivity index (χ4v) is 2.33. The summed E-state index contributed by atoms with van der Waals surface area (Å²) in [6.07, 6.45) is 0. The molecule has 1 unspecified atom stereocenters. The summed E-state index contributed by atoms with van der Waals surface area (Å²) in [5, 5.41) is 4.19. The van der Waals surface area contributed by atoms with Crippen molar-refractivity contribution in [1.82, 2.24) is 10.2 Å². The molecule has 0 radical (unpaired) electrons. The lowest BCUT2D eigenvalue weighted by atomic mass is 10.2. The standard InChI is InChI=1S/C15H25ClN2O/c1-5-18(6-2)11-12(3)17-10-13-7-8-15(19-4)14(16)9-13/h7-9,12,17H,5-6,10-11H2,1-4H3. The molecule has 1 atom stereocenters. The Balaban J connectivity index is 2.45. The molecule has 1 N–H and O–H groups in total. The largest absolute Gasteiger partial charge is 0.495 e. The zero-order chi connectivity index (χ0) is 14.3. The van der Waals surface area contributed by atoms with Crippen molar-refractivity contribution in [2.24, 2.45) is 0 Å². The molecule has 0 amide bonds. The first-order valence-electron chi connectivity index (χ1n) is 6.88. The molecule has 0 fully saturated rings. The Morgan fingerprint density at radius 2 is 2.00 bits per heavy atom. The summed E-state index contributed by atoms with van der Waals surface area (Å²) in [7, 11) is 1.63. The lowest BCUT2D eigenvalue weighted by Gasteiger charge is -2.23. The highest BCUT2D eigenvalue weighted by atomic mass is 35.5. The molecular weight excluding hydrogens is 260 g/mol. The Labute approximate surface area is 121 Å².